The summed E-state index contributed by atoms with van der Waals surface area (Å²) in [5.41, 5.74) is 3.20. The van der Waals surface area contributed by atoms with Gasteiger partial charge in [0.1, 0.15) is 10.3 Å². The van der Waals surface area contributed by atoms with Gasteiger partial charge in [0.15, 0.2) is 5.65 Å². The second-order valence-electron chi connectivity index (χ2n) is 4.07. The topological polar surface area (TPSA) is 30.2 Å². The second kappa shape index (κ2) is 4.92. The predicted octanol–water partition coefficient (Wildman–Crippen LogP) is 4.62. The maximum Gasteiger partial charge on any atom is 0.172 e. The summed E-state index contributed by atoms with van der Waals surface area (Å²) in [6.45, 7) is 1.92. The van der Waals surface area contributed by atoms with Crippen molar-refractivity contribution in [2.45, 2.75) is 6.92 Å². The Labute approximate surface area is 133 Å². The van der Waals surface area contributed by atoms with Crippen molar-refractivity contribution in [3.8, 4) is 11.1 Å². The van der Waals surface area contributed by atoms with Gasteiger partial charge in [0.05, 0.1) is 14.8 Å². The molecular weight excluding hydrogens is 396 g/mol. The molecule has 0 fully saturated rings. The fraction of sp³-hybridized carbons (Fsp3) is 0.0769. The van der Waals surface area contributed by atoms with Crippen LogP contribution in [0.2, 0.25) is 10.3 Å². The van der Waals surface area contributed by atoms with Crippen LogP contribution in [0.5, 0.6) is 0 Å². The van der Waals surface area contributed by atoms with Crippen LogP contribution in [0.25, 0.3) is 16.8 Å². The summed E-state index contributed by atoms with van der Waals surface area (Å²) in [5.74, 6) is 0. The van der Waals surface area contributed by atoms with Crippen LogP contribution in [0, 0.1) is 10.5 Å². The van der Waals surface area contributed by atoms with Gasteiger partial charge in [0.25, 0.3) is 0 Å². The van der Waals surface area contributed by atoms with Crippen molar-refractivity contribution in [2.75, 3.05) is 0 Å². The average Bonchev–Trinajstić information content (AvgIpc) is 2.68. The number of aryl methyl sites for hydroxylation is 1. The summed E-state index contributed by atoms with van der Waals surface area (Å²) < 4.78 is 2.59. The summed E-state index contributed by atoms with van der Waals surface area (Å²) in [7, 11) is 0. The fourth-order valence-corrected chi connectivity index (χ4v) is 3.01. The van der Waals surface area contributed by atoms with Gasteiger partial charge in [-0.15, -0.1) is 0 Å². The van der Waals surface area contributed by atoms with E-state index < -0.39 is 0 Å². The van der Waals surface area contributed by atoms with Gasteiger partial charge in [-0.1, -0.05) is 53.5 Å². The maximum absolute atomic E-state index is 6.44. The lowest BCUT2D eigenvalue weighted by Gasteiger charge is -2.08. The van der Waals surface area contributed by atoms with Crippen LogP contribution < -0.4 is 0 Å². The Morgan fingerprint density at radius 3 is 2.53 bits per heavy atom. The molecule has 2 heterocycles. The zero-order chi connectivity index (χ0) is 13.6. The van der Waals surface area contributed by atoms with Crippen LogP contribution in [-0.2, 0) is 0 Å². The van der Waals surface area contributed by atoms with Gasteiger partial charge in [-0.3, -0.25) is 0 Å². The van der Waals surface area contributed by atoms with E-state index in [1.165, 1.54) is 0 Å². The van der Waals surface area contributed by atoms with Crippen LogP contribution in [0.15, 0.2) is 30.3 Å². The normalized spacial score (nSPS) is 11.2. The zero-order valence-corrected chi connectivity index (χ0v) is 13.5. The minimum absolute atomic E-state index is 0.390. The highest BCUT2D eigenvalue weighted by Crippen LogP contribution is 2.35. The Kier molecular flexibility index (Phi) is 3.41. The standard InChI is InChI=1S/C13H8Cl2IN3/c1-7-10(16)13-17-11(14)9(12(15)19(13)18-7)8-5-3-2-4-6-8/h2-6H,1H3. The van der Waals surface area contributed by atoms with E-state index in [4.69, 9.17) is 23.2 Å². The quantitative estimate of drug-likeness (QED) is 0.438. The van der Waals surface area contributed by atoms with E-state index in [0.717, 1.165) is 14.8 Å². The van der Waals surface area contributed by atoms with E-state index in [1.807, 2.05) is 37.3 Å². The Hall–Kier alpha value is -0.850. The summed E-state index contributed by atoms with van der Waals surface area (Å²) in [5, 5.41) is 5.26. The monoisotopic (exact) mass is 403 g/mol. The summed E-state index contributed by atoms with van der Waals surface area (Å²) in [4.78, 5) is 4.41. The van der Waals surface area contributed by atoms with Crippen molar-refractivity contribution < 1.29 is 0 Å². The molecule has 6 heteroatoms. The van der Waals surface area contributed by atoms with Gasteiger partial charge < -0.3 is 0 Å². The van der Waals surface area contributed by atoms with Gasteiger partial charge in [0, 0.05) is 0 Å². The lowest BCUT2D eigenvalue weighted by atomic mass is 10.1. The molecule has 3 aromatic rings. The van der Waals surface area contributed by atoms with E-state index in [1.54, 1.807) is 4.52 Å². The van der Waals surface area contributed by atoms with Gasteiger partial charge in [-0.05, 0) is 35.1 Å². The maximum atomic E-state index is 6.44. The van der Waals surface area contributed by atoms with E-state index >= 15 is 0 Å². The molecule has 0 aliphatic heterocycles. The molecule has 3 nitrogen and oxygen atoms in total. The van der Waals surface area contributed by atoms with Crippen LogP contribution in [0.3, 0.4) is 0 Å². The van der Waals surface area contributed by atoms with Crippen molar-refractivity contribution in [2.24, 2.45) is 0 Å². The first-order valence-corrected chi connectivity index (χ1v) is 7.38. The number of aromatic nitrogens is 3. The zero-order valence-electron chi connectivity index (χ0n) is 9.86. The highest BCUT2D eigenvalue weighted by molar-refractivity contribution is 14.1. The van der Waals surface area contributed by atoms with Crippen LogP contribution >= 0.6 is 45.8 Å². The minimum Gasteiger partial charge on any atom is -0.215 e. The Morgan fingerprint density at radius 2 is 1.84 bits per heavy atom. The van der Waals surface area contributed by atoms with Crippen LogP contribution in [0.1, 0.15) is 5.69 Å². The minimum atomic E-state index is 0.390. The van der Waals surface area contributed by atoms with E-state index in [-0.39, 0.29) is 0 Å². The molecule has 3 rings (SSSR count). The highest BCUT2D eigenvalue weighted by Gasteiger charge is 2.18. The molecule has 0 aliphatic carbocycles. The molecule has 0 saturated heterocycles. The lowest BCUT2D eigenvalue weighted by molar-refractivity contribution is 0.919. The fourth-order valence-electron chi connectivity index (χ4n) is 1.91. The molecule has 96 valence electrons. The molecule has 0 atom stereocenters. The predicted molar refractivity (Wildman–Crippen MR) is 85.9 cm³/mol. The number of rotatable bonds is 1. The Balaban J connectivity index is 2.38. The first-order chi connectivity index (χ1) is 9.09. The third-order valence-electron chi connectivity index (χ3n) is 2.83. The summed E-state index contributed by atoms with van der Waals surface area (Å²) in [6.07, 6.45) is 0. The number of hydrogen-bond donors (Lipinski definition) is 0. The number of fused-ring (bicyclic) bond motifs is 1. The molecule has 0 saturated carbocycles. The molecule has 1 aromatic carbocycles. The third-order valence-corrected chi connectivity index (χ3v) is 4.72. The molecule has 0 spiro atoms. The SMILES string of the molecule is Cc1nn2c(Cl)c(-c3ccccc3)c(Cl)nc2c1I. The van der Waals surface area contributed by atoms with Gasteiger partial charge in [-0.2, -0.15) is 5.10 Å². The average molecular weight is 404 g/mol. The van der Waals surface area contributed by atoms with Crippen molar-refractivity contribution >= 4 is 51.4 Å². The first-order valence-electron chi connectivity index (χ1n) is 5.55. The molecule has 0 radical (unpaired) electrons. The first kappa shape index (κ1) is 13.1. The molecule has 0 bridgehead atoms. The van der Waals surface area contributed by atoms with E-state index in [9.17, 15) is 0 Å². The van der Waals surface area contributed by atoms with Crippen molar-refractivity contribution in [1.82, 2.24) is 14.6 Å². The molecular formula is C13H8Cl2IN3. The van der Waals surface area contributed by atoms with Crippen LogP contribution in [-0.4, -0.2) is 14.6 Å². The van der Waals surface area contributed by atoms with Crippen molar-refractivity contribution in [3.63, 3.8) is 0 Å². The molecule has 0 unspecified atom stereocenters. The summed E-state index contributed by atoms with van der Waals surface area (Å²) in [6, 6.07) is 9.71. The molecule has 0 aliphatic rings. The van der Waals surface area contributed by atoms with Gasteiger partial charge >= 0.3 is 0 Å². The number of hydrogen-bond acceptors (Lipinski definition) is 2. The van der Waals surface area contributed by atoms with Crippen molar-refractivity contribution in [3.05, 3.63) is 49.9 Å². The molecule has 2 aromatic heterocycles. The number of halogens is 3. The second-order valence-corrected chi connectivity index (χ2v) is 5.86. The smallest absolute Gasteiger partial charge is 0.172 e. The third kappa shape index (κ3) is 2.11. The lowest BCUT2D eigenvalue weighted by Crippen LogP contribution is -1.97. The molecule has 0 N–H and O–H groups in total. The Bertz CT molecular complexity index is 769. The van der Waals surface area contributed by atoms with E-state index in [0.29, 0.717) is 21.5 Å². The summed E-state index contributed by atoms with van der Waals surface area (Å²) >= 11 is 14.9. The van der Waals surface area contributed by atoms with Crippen LogP contribution in [0.4, 0.5) is 0 Å². The Morgan fingerprint density at radius 1 is 1.16 bits per heavy atom. The highest BCUT2D eigenvalue weighted by atomic mass is 127. The largest absolute Gasteiger partial charge is 0.215 e. The van der Waals surface area contributed by atoms with Gasteiger partial charge in [-0.25, -0.2) is 9.50 Å². The molecule has 0 amide bonds. The van der Waals surface area contributed by atoms with Crippen molar-refractivity contribution in [1.29, 1.82) is 0 Å². The number of benzene rings is 1. The van der Waals surface area contributed by atoms with Gasteiger partial charge in [0.2, 0.25) is 0 Å². The molecule has 19 heavy (non-hydrogen) atoms. The number of nitrogens with zero attached hydrogens (tertiary/aromatic N) is 3. The van der Waals surface area contributed by atoms with E-state index in [2.05, 4.69) is 32.7 Å².